The van der Waals surface area contributed by atoms with Crippen LogP contribution in [0.5, 0.6) is 11.6 Å². The predicted molar refractivity (Wildman–Crippen MR) is 145 cm³/mol. The summed E-state index contributed by atoms with van der Waals surface area (Å²) in [6.07, 6.45) is 1.37. The fourth-order valence-electron chi connectivity index (χ4n) is 4.08. The SMILES string of the molecule is COc1ccc(N2N=C(C)/C(=C\c3c(O)n(-c4ccccc4)c(=S)n(-c4ccccc4)c3=O)C2=O)cc1. The molecule has 9 heteroatoms. The molecule has 1 amide bonds. The van der Waals surface area contributed by atoms with Gasteiger partial charge >= 0.3 is 0 Å². The second-order valence-corrected chi connectivity index (χ2v) is 8.59. The summed E-state index contributed by atoms with van der Waals surface area (Å²) in [6, 6.07) is 24.8. The van der Waals surface area contributed by atoms with Crippen LogP contribution >= 0.6 is 12.2 Å². The summed E-state index contributed by atoms with van der Waals surface area (Å²) in [5, 5.41) is 16.9. The van der Waals surface area contributed by atoms with Gasteiger partial charge in [0.2, 0.25) is 5.88 Å². The molecule has 184 valence electrons. The highest BCUT2D eigenvalue weighted by Gasteiger charge is 2.30. The van der Waals surface area contributed by atoms with Crippen molar-refractivity contribution in [2.45, 2.75) is 6.92 Å². The standard InChI is InChI=1S/C28H22N4O4S/c1-18-23(27(35)32(29-18)21-13-15-22(36-2)16-14-21)17-24-25(33)30(19-9-5-3-6-10-19)28(37)31(26(24)34)20-11-7-4-8-12-20/h3-17,33H,1-2H3/b23-17+. The number of nitrogens with zero attached hydrogens (tertiary/aromatic N) is 4. The van der Waals surface area contributed by atoms with Crippen LogP contribution in [0.2, 0.25) is 0 Å². The Morgan fingerprint density at radius 3 is 1.97 bits per heavy atom. The Hall–Kier alpha value is -4.76. The molecule has 4 aromatic rings. The molecule has 0 aliphatic carbocycles. The lowest BCUT2D eigenvalue weighted by molar-refractivity contribution is -0.114. The minimum absolute atomic E-state index is 0.0872. The topological polar surface area (TPSA) is 89.1 Å². The number of hydrazone groups is 1. The first-order valence-electron chi connectivity index (χ1n) is 11.4. The number of aromatic nitrogens is 2. The Morgan fingerprint density at radius 2 is 1.41 bits per heavy atom. The van der Waals surface area contributed by atoms with Crippen LogP contribution in [0, 0.1) is 4.77 Å². The smallest absolute Gasteiger partial charge is 0.280 e. The average Bonchev–Trinajstić information content (AvgIpc) is 3.20. The van der Waals surface area contributed by atoms with Crippen LogP contribution < -0.4 is 15.3 Å². The van der Waals surface area contributed by atoms with Crippen molar-refractivity contribution in [2.75, 3.05) is 12.1 Å². The van der Waals surface area contributed by atoms with Gasteiger partial charge in [0.25, 0.3) is 11.5 Å². The number of amides is 1. The highest BCUT2D eigenvalue weighted by atomic mass is 32.1. The lowest BCUT2D eigenvalue weighted by Crippen LogP contribution is -2.26. The third-order valence-electron chi connectivity index (χ3n) is 5.97. The molecule has 1 aromatic heterocycles. The van der Waals surface area contributed by atoms with Crippen molar-refractivity contribution in [3.05, 3.63) is 111 Å². The molecule has 1 aliphatic rings. The van der Waals surface area contributed by atoms with Crippen molar-refractivity contribution in [3.63, 3.8) is 0 Å². The summed E-state index contributed by atoms with van der Waals surface area (Å²) in [7, 11) is 1.56. The van der Waals surface area contributed by atoms with E-state index in [9.17, 15) is 14.7 Å². The highest BCUT2D eigenvalue weighted by molar-refractivity contribution is 7.71. The van der Waals surface area contributed by atoms with Gasteiger partial charge in [0.15, 0.2) is 4.77 Å². The Labute approximate surface area is 217 Å². The number of rotatable bonds is 5. The van der Waals surface area contributed by atoms with Crippen molar-refractivity contribution in [1.29, 1.82) is 0 Å². The van der Waals surface area contributed by atoms with Crippen LogP contribution in [0.15, 0.2) is 100 Å². The zero-order valence-corrected chi connectivity index (χ0v) is 20.8. The van der Waals surface area contributed by atoms with E-state index < -0.39 is 11.5 Å². The Morgan fingerprint density at radius 1 is 0.838 bits per heavy atom. The molecule has 0 saturated carbocycles. The van der Waals surface area contributed by atoms with Gasteiger partial charge < -0.3 is 9.84 Å². The maximum atomic E-state index is 13.7. The second kappa shape index (κ2) is 9.71. The van der Waals surface area contributed by atoms with Gasteiger partial charge in [-0.1, -0.05) is 36.4 Å². The van der Waals surface area contributed by atoms with E-state index in [1.165, 1.54) is 20.2 Å². The van der Waals surface area contributed by atoms with Crippen LogP contribution in [-0.4, -0.2) is 33.0 Å². The minimum Gasteiger partial charge on any atom is -0.497 e. The number of methoxy groups -OCH3 is 1. The molecule has 0 atom stereocenters. The van der Waals surface area contributed by atoms with Gasteiger partial charge in [-0.3, -0.25) is 18.7 Å². The largest absolute Gasteiger partial charge is 0.497 e. The van der Waals surface area contributed by atoms with Crippen molar-refractivity contribution >= 4 is 35.6 Å². The first-order chi connectivity index (χ1) is 17.9. The maximum absolute atomic E-state index is 13.7. The van der Waals surface area contributed by atoms with E-state index in [2.05, 4.69) is 5.10 Å². The molecule has 37 heavy (non-hydrogen) atoms. The van der Waals surface area contributed by atoms with Crippen LogP contribution in [0.3, 0.4) is 0 Å². The average molecular weight is 511 g/mol. The van der Waals surface area contributed by atoms with Gasteiger partial charge in [-0.05, 0) is 73.7 Å². The number of ether oxygens (including phenoxy) is 1. The lowest BCUT2D eigenvalue weighted by atomic mass is 10.1. The van der Waals surface area contributed by atoms with Crippen molar-refractivity contribution < 1.29 is 14.6 Å². The number of benzene rings is 3. The third kappa shape index (κ3) is 4.25. The molecule has 0 spiro atoms. The zero-order valence-electron chi connectivity index (χ0n) is 20.0. The van der Waals surface area contributed by atoms with Crippen LogP contribution in [0.1, 0.15) is 12.5 Å². The third-order valence-corrected chi connectivity index (χ3v) is 6.33. The Balaban J connectivity index is 1.70. The van der Waals surface area contributed by atoms with Gasteiger partial charge in [-0.25, -0.2) is 0 Å². The molecule has 2 heterocycles. The van der Waals surface area contributed by atoms with Crippen LogP contribution in [-0.2, 0) is 4.79 Å². The molecular weight excluding hydrogens is 488 g/mol. The Kier molecular flexibility index (Phi) is 6.29. The van der Waals surface area contributed by atoms with Gasteiger partial charge in [0.1, 0.15) is 11.3 Å². The van der Waals surface area contributed by atoms with Gasteiger partial charge in [-0.2, -0.15) is 10.1 Å². The molecule has 0 fully saturated rings. The van der Waals surface area contributed by atoms with Crippen molar-refractivity contribution in [1.82, 2.24) is 9.13 Å². The lowest BCUT2D eigenvalue weighted by Gasteiger charge is -2.17. The van der Waals surface area contributed by atoms with E-state index in [1.807, 2.05) is 12.1 Å². The first-order valence-corrected chi connectivity index (χ1v) is 11.8. The molecule has 0 saturated heterocycles. The molecule has 3 aromatic carbocycles. The van der Waals surface area contributed by atoms with E-state index >= 15 is 0 Å². The summed E-state index contributed by atoms with van der Waals surface area (Å²) >= 11 is 5.66. The quantitative estimate of drug-likeness (QED) is 0.305. The number of carbonyl (C=O) groups excluding carboxylic acids is 1. The summed E-state index contributed by atoms with van der Waals surface area (Å²) in [5.41, 5.74) is 1.58. The predicted octanol–water partition coefficient (Wildman–Crippen LogP) is 4.88. The monoisotopic (exact) mass is 510 g/mol. The maximum Gasteiger partial charge on any atom is 0.280 e. The van der Waals surface area contributed by atoms with Gasteiger partial charge in [0.05, 0.1) is 35.5 Å². The van der Waals surface area contributed by atoms with Crippen molar-refractivity contribution in [3.8, 4) is 23.0 Å². The van der Waals surface area contributed by atoms with Gasteiger partial charge in [-0.15, -0.1) is 0 Å². The molecule has 5 rings (SSSR count). The van der Waals surface area contributed by atoms with E-state index in [1.54, 1.807) is 86.8 Å². The van der Waals surface area contributed by atoms with Crippen molar-refractivity contribution in [2.24, 2.45) is 5.10 Å². The summed E-state index contributed by atoms with van der Waals surface area (Å²) in [5.74, 6) is -0.154. The highest BCUT2D eigenvalue weighted by Crippen LogP contribution is 2.29. The Bertz CT molecular complexity index is 1670. The molecule has 1 N–H and O–H groups in total. The number of hydrogen-bond acceptors (Lipinski definition) is 6. The van der Waals surface area contributed by atoms with E-state index in [4.69, 9.17) is 17.0 Å². The van der Waals surface area contributed by atoms with E-state index in [-0.39, 0.29) is 21.8 Å². The minimum atomic E-state index is -0.558. The van der Waals surface area contributed by atoms with Gasteiger partial charge in [0, 0.05) is 0 Å². The number of hydrogen-bond donors (Lipinski definition) is 1. The van der Waals surface area contributed by atoms with Crippen LogP contribution in [0.25, 0.3) is 17.5 Å². The summed E-state index contributed by atoms with van der Waals surface area (Å²) < 4.78 is 8.01. The summed E-state index contributed by atoms with van der Waals surface area (Å²) in [4.78, 5) is 27.1. The number of para-hydroxylation sites is 2. The molecule has 0 radical (unpaired) electrons. The number of anilines is 1. The summed E-state index contributed by atoms with van der Waals surface area (Å²) in [6.45, 7) is 1.67. The molecule has 8 nitrogen and oxygen atoms in total. The van der Waals surface area contributed by atoms with E-state index in [0.29, 0.717) is 28.5 Å². The normalized spacial score (nSPS) is 14.2. The fraction of sp³-hybridized carbons (Fsp3) is 0.0714. The zero-order chi connectivity index (χ0) is 26.1. The number of aromatic hydroxyl groups is 1. The number of carbonyl (C=O) groups is 1. The van der Waals surface area contributed by atoms with E-state index in [0.717, 1.165) is 0 Å². The second-order valence-electron chi connectivity index (χ2n) is 8.23. The molecular formula is C28H22N4O4S. The first kappa shape index (κ1) is 24.0. The molecule has 0 bridgehead atoms. The van der Waals surface area contributed by atoms with Crippen LogP contribution in [0.4, 0.5) is 5.69 Å². The molecule has 1 aliphatic heterocycles. The molecule has 0 unspecified atom stereocenters. The fourth-order valence-corrected chi connectivity index (χ4v) is 4.46.